The lowest BCUT2D eigenvalue weighted by Gasteiger charge is -2.13. The van der Waals surface area contributed by atoms with Crippen molar-refractivity contribution in [2.75, 3.05) is 5.32 Å². The molecule has 158 valence electrons. The molecule has 2 rings (SSSR count). The molecule has 0 unspecified atom stereocenters. The Hall–Kier alpha value is -3.47. The highest BCUT2D eigenvalue weighted by Gasteiger charge is 2.21. The van der Waals surface area contributed by atoms with Gasteiger partial charge < -0.3 is 14.6 Å². The molecule has 0 bridgehead atoms. The fourth-order valence-electron chi connectivity index (χ4n) is 2.93. The molecule has 1 atom stereocenters. The second-order valence-corrected chi connectivity index (χ2v) is 6.81. The van der Waals surface area contributed by atoms with Crippen LogP contribution in [-0.2, 0) is 20.9 Å². The maximum atomic E-state index is 13.3. The molecular weight excluding hydrogens is 392 g/mol. The van der Waals surface area contributed by atoms with Gasteiger partial charge in [-0.1, -0.05) is 6.92 Å². The van der Waals surface area contributed by atoms with E-state index in [-0.39, 0.29) is 11.3 Å². The van der Waals surface area contributed by atoms with Gasteiger partial charge >= 0.3 is 5.97 Å². The van der Waals surface area contributed by atoms with Gasteiger partial charge in [-0.2, -0.15) is 5.26 Å². The van der Waals surface area contributed by atoms with E-state index in [1.54, 1.807) is 6.07 Å². The molecule has 0 aliphatic rings. The number of carbonyl (C=O) groups is 2. The summed E-state index contributed by atoms with van der Waals surface area (Å²) in [5.74, 6) is -3.86. The molecule has 0 saturated heterocycles. The van der Waals surface area contributed by atoms with Crippen LogP contribution < -0.4 is 5.32 Å². The lowest BCUT2D eigenvalue weighted by Crippen LogP contribution is -2.30. The highest BCUT2D eigenvalue weighted by molar-refractivity contribution is 6.01. The van der Waals surface area contributed by atoms with Crippen molar-refractivity contribution < 1.29 is 23.1 Å². The standard InChI is InChI=1S/C22H23F2N3O3/c1-5-8-27-13(2)9-16(14(27)3)10-17(12-25)22(29)30-15(4)21(28)26-18-6-7-19(23)20(24)11-18/h6-7,9-11,15H,5,8H2,1-4H3,(H,26,28)/b17-10+/t15-/m0/s1. The predicted molar refractivity (Wildman–Crippen MR) is 108 cm³/mol. The van der Waals surface area contributed by atoms with E-state index in [4.69, 9.17) is 4.74 Å². The number of amides is 1. The van der Waals surface area contributed by atoms with Crippen LogP contribution in [0.25, 0.3) is 6.08 Å². The summed E-state index contributed by atoms with van der Waals surface area (Å²) in [5.41, 5.74) is 2.40. The normalized spacial score (nSPS) is 12.2. The molecule has 1 amide bonds. The number of aryl methyl sites for hydroxylation is 1. The summed E-state index contributed by atoms with van der Waals surface area (Å²) in [5, 5.41) is 11.7. The number of nitrogens with one attached hydrogen (secondary N) is 1. The number of halogens is 2. The zero-order valence-electron chi connectivity index (χ0n) is 17.3. The van der Waals surface area contributed by atoms with Crippen molar-refractivity contribution in [3.63, 3.8) is 0 Å². The summed E-state index contributed by atoms with van der Waals surface area (Å²) in [7, 11) is 0. The van der Waals surface area contributed by atoms with Gasteiger partial charge in [0, 0.05) is 29.7 Å². The Morgan fingerprint density at radius 1 is 1.27 bits per heavy atom. The Morgan fingerprint density at radius 2 is 1.97 bits per heavy atom. The van der Waals surface area contributed by atoms with E-state index in [9.17, 15) is 23.6 Å². The summed E-state index contributed by atoms with van der Waals surface area (Å²) < 4.78 is 33.4. The fourth-order valence-corrected chi connectivity index (χ4v) is 2.93. The number of anilines is 1. The average Bonchev–Trinajstić information content (AvgIpc) is 2.96. The molecule has 30 heavy (non-hydrogen) atoms. The minimum absolute atomic E-state index is 0.0150. The minimum atomic E-state index is -1.25. The van der Waals surface area contributed by atoms with Gasteiger partial charge in [0.1, 0.15) is 11.6 Å². The molecule has 0 saturated carbocycles. The van der Waals surface area contributed by atoms with E-state index in [1.165, 1.54) is 19.1 Å². The largest absolute Gasteiger partial charge is 0.448 e. The molecule has 6 nitrogen and oxygen atoms in total. The second-order valence-electron chi connectivity index (χ2n) is 6.81. The molecule has 0 fully saturated rings. The molecule has 0 aliphatic carbocycles. The molecule has 8 heteroatoms. The summed E-state index contributed by atoms with van der Waals surface area (Å²) in [4.78, 5) is 24.5. The number of esters is 1. The molecule has 2 aromatic rings. The number of rotatable bonds is 7. The lowest BCUT2D eigenvalue weighted by molar-refractivity contribution is -0.148. The van der Waals surface area contributed by atoms with E-state index in [0.29, 0.717) is 5.56 Å². The number of nitriles is 1. The first-order chi connectivity index (χ1) is 14.2. The Labute approximate surface area is 173 Å². The third kappa shape index (κ3) is 5.32. The molecule has 0 spiro atoms. The van der Waals surface area contributed by atoms with Crippen LogP contribution in [-0.4, -0.2) is 22.5 Å². The SMILES string of the molecule is CCCn1c(C)cc(/C=C(\C#N)C(=O)O[C@@H](C)C(=O)Nc2ccc(F)c(F)c2)c1C. The van der Waals surface area contributed by atoms with Crippen LogP contribution in [0.15, 0.2) is 29.8 Å². The number of nitrogens with zero attached hydrogens (tertiary/aromatic N) is 2. The van der Waals surface area contributed by atoms with Gasteiger partial charge in [0.15, 0.2) is 17.7 Å². The van der Waals surface area contributed by atoms with Gasteiger partial charge in [-0.15, -0.1) is 0 Å². The van der Waals surface area contributed by atoms with Crippen LogP contribution in [0.4, 0.5) is 14.5 Å². The molecule has 0 aliphatic heterocycles. The van der Waals surface area contributed by atoms with E-state index >= 15 is 0 Å². The van der Waals surface area contributed by atoms with Gasteiger partial charge in [-0.25, -0.2) is 13.6 Å². The maximum Gasteiger partial charge on any atom is 0.349 e. The predicted octanol–water partition coefficient (Wildman–Crippen LogP) is 4.27. The minimum Gasteiger partial charge on any atom is -0.448 e. The molecule has 0 radical (unpaired) electrons. The quantitative estimate of drug-likeness (QED) is 0.416. The highest BCUT2D eigenvalue weighted by atomic mass is 19.2. The highest BCUT2D eigenvalue weighted by Crippen LogP contribution is 2.19. The van der Waals surface area contributed by atoms with Gasteiger partial charge in [0.2, 0.25) is 0 Å². The Bertz CT molecular complexity index is 1030. The van der Waals surface area contributed by atoms with Gasteiger partial charge in [0.25, 0.3) is 5.91 Å². The second kappa shape index (κ2) is 9.83. The first kappa shape index (κ1) is 22.8. The van der Waals surface area contributed by atoms with E-state index in [0.717, 1.165) is 36.5 Å². The van der Waals surface area contributed by atoms with Crippen LogP contribution in [0.3, 0.4) is 0 Å². The summed E-state index contributed by atoms with van der Waals surface area (Å²) in [6.07, 6.45) is 1.11. The van der Waals surface area contributed by atoms with Gasteiger partial charge in [-0.3, -0.25) is 4.79 Å². The van der Waals surface area contributed by atoms with Crippen LogP contribution in [0.5, 0.6) is 0 Å². The average molecular weight is 415 g/mol. The van der Waals surface area contributed by atoms with Crippen molar-refractivity contribution in [3.8, 4) is 6.07 Å². The fraction of sp³-hybridized carbons (Fsp3) is 0.318. The molecule has 1 aromatic heterocycles. The van der Waals surface area contributed by atoms with Gasteiger partial charge in [-0.05, 0) is 57.0 Å². The number of hydrogen-bond donors (Lipinski definition) is 1. The summed E-state index contributed by atoms with van der Waals surface area (Å²) in [6.45, 7) is 8.02. The van der Waals surface area contributed by atoms with E-state index in [2.05, 4.69) is 16.8 Å². The van der Waals surface area contributed by atoms with Crippen molar-refractivity contribution in [3.05, 3.63) is 58.4 Å². The van der Waals surface area contributed by atoms with Crippen molar-refractivity contribution in [2.45, 2.75) is 46.8 Å². The maximum absolute atomic E-state index is 13.3. The molecule has 1 heterocycles. The number of hydrogen-bond acceptors (Lipinski definition) is 4. The smallest absolute Gasteiger partial charge is 0.349 e. The summed E-state index contributed by atoms with van der Waals surface area (Å²) >= 11 is 0. The number of benzene rings is 1. The van der Waals surface area contributed by atoms with Crippen molar-refractivity contribution in [1.29, 1.82) is 5.26 Å². The van der Waals surface area contributed by atoms with E-state index in [1.807, 2.05) is 19.9 Å². The van der Waals surface area contributed by atoms with Crippen molar-refractivity contribution >= 4 is 23.6 Å². The number of ether oxygens (including phenoxy) is 1. The van der Waals surface area contributed by atoms with Crippen LogP contribution in [0, 0.1) is 36.8 Å². The van der Waals surface area contributed by atoms with Crippen LogP contribution in [0.2, 0.25) is 0 Å². The topological polar surface area (TPSA) is 84.1 Å². The molecular formula is C22H23F2N3O3. The zero-order chi connectivity index (χ0) is 22.4. The van der Waals surface area contributed by atoms with Crippen LogP contribution in [0.1, 0.15) is 37.2 Å². The first-order valence-electron chi connectivity index (χ1n) is 9.43. The first-order valence-corrected chi connectivity index (χ1v) is 9.43. The Balaban J connectivity index is 2.11. The third-order valence-corrected chi connectivity index (χ3v) is 4.54. The molecule has 1 N–H and O–H groups in total. The number of aromatic nitrogens is 1. The number of carbonyl (C=O) groups excluding carboxylic acids is 2. The lowest BCUT2D eigenvalue weighted by atomic mass is 10.1. The Kier molecular flexibility index (Phi) is 7.48. The molecule has 1 aromatic carbocycles. The van der Waals surface area contributed by atoms with E-state index < -0.39 is 29.6 Å². The zero-order valence-corrected chi connectivity index (χ0v) is 17.3. The monoisotopic (exact) mass is 415 g/mol. The van der Waals surface area contributed by atoms with Crippen molar-refractivity contribution in [1.82, 2.24) is 4.57 Å². The Morgan fingerprint density at radius 3 is 2.57 bits per heavy atom. The van der Waals surface area contributed by atoms with Crippen LogP contribution >= 0.6 is 0 Å². The third-order valence-electron chi connectivity index (χ3n) is 4.54. The summed E-state index contributed by atoms with van der Waals surface area (Å²) in [6, 6.07) is 6.53. The van der Waals surface area contributed by atoms with Crippen molar-refractivity contribution in [2.24, 2.45) is 0 Å². The van der Waals surface area contributed by atoms with Gasteiger partial charge in [0.05, 0.1) is 0 Å².